The molecule has 0 saturated carbocycles. The summed E-state index contributed by atoms with van der Waals surface area (Å²) >= 11 is 0. The number of rotatable bonds is 2. The van der Waals surface area contributed by atoms with Gasteiger partial charge in [0.1, 0.15) is 6.54 Å². The number of hydroxylamine groups is 3. The van der Waals surface area contributed by atoms with Crippen LogP contribution < -0.4 is 0 Å². The molecule has 2 aliphatic heterocycles. The van der Waals surface area contributed by atoms with Crippen molar-refractivity contribution in [3.63, 3.8) is 0 Å². The van der Waals surface area contributed by atoms with Crippen molar-refractivity contribution >= 4 is 0 Å². The fourth-order valence-electron chi connectivity index (χ4n) is 2.20. The van der Waals surface area contributed by atoms with Crippen LogP contribution in [0.25, 0.3) is 0 Å². The van der Waals surface area contributed by atoms with Gasteiger partial charge in [0.15, 0.2) is 0 Å². The van der Waals surface area contributed by atoms with Crippen LogP contribution >= 0.6 is 0 Å². The highest BCUT2D eigenvalue weighted by molar-refractivity contribution is 5.02. The molecule has 3 nitrogen and oxygen atoms in total. The first-order valence-electron chi connectivity index (χ1n) is 5.85. The van der Waals surface area contributed by atoms with Crippen LogP contribution in [0.2, 0.25) is 0 Å². The Morgan fingerprint density at radius 3 is 2.73 bits per heavy atom. The Hall–Kier alpha value is -0.560. The highest BCUT2D eigenvalue weighted by Gasteiger charge is 2.21. The molecule has 2 fully saturated rings. The van der Waals surface area contributed by atoms with Gasteiger partial charge in [-0.3, -0.25) is 4.90 Å². The molecule has 0 aromatic heterocycles. The van der Waals surface area contributed by atoms with Crippen LogP contribution in [-0.4, -0.2) is 48.8 Å². The Labute approximate surface area is 92.2 Å². The lowest BCUT2D eigenvalue weighted by Gasteiger charge is -2.36. The Kier molecular flexibility index (Phi) is 3.63. The lowest BCUT2D eigenvalue weighted by Crippen LogP contribution is -2.39. The maximum atomic E-state index is 11.9. The summed E-state index contributed by atoms with van der Waals surface area (Å²) in [6.45, 7) is 5.06. The number of nitrogens with zero attached hydrogens (tertiary/aromatic N) is 2. The van der Waals surface area contributed by atoms with Gasteiger partial charge in [-0.2, -0.15) is 0 Å². The van der Waals surface area contributed by atoms with Crippen molar-refractivity contribution in [3.8, 4) is 11.8 Å². The molecule has 2 rings (SSSR count). The third kappa shape index (κ3) is 3.20. The van der Waals surface area contributed by atoms with Gasteiger partial charge in [0.2, 0.25) is 0 Å². The van der Waals surface area contributed by atoms with E-state index in [1.807, 2.05) is 0 Å². The molecule has 0 aliphatic carbocycles. The minimum atomic E-state index is -0.118. The quantitative estimate of drug-likeness (QED) is 0.384. The summed E-state index contributed by atoms with van der Waals surface area (Å²) in [4.78, 5) is 2.36. The maximum absolute atomic E-state index is 11.9. The first-order chi connectivity index (χ1) is 7.29. The molecule has 1 unspecified atom stereocenters. The van der Waals surface area contributed by atoms with E-state index < -0.39 is 0 Å². The van der Waals surface area contributed by atoms with Gasteiger partial charge in [0, 0.05) is 12.8 Å². The average Bonchev–Trinajstić information content (AvgIpc) is 2.84. The summed E-state index contributed by atoms with van der Waals surface area (Å²) in [6, 6.07) is 0. The summed E-state index contributed by atoms with van der Waals surface area (Å²) in [6.07, 6.45) is 5.64. The van der Waals surface area contributed by atoms with Crippen LogP contribution in [0.1, 0.15) is 19.3 Å². The second-order valence-corrected chi connectivity index (χ2v) is 4.54. The predicted molar refractivity (Wildman–Crippen MR) is 60.6 cm³/mol. The van der Waals surface area contributed by atoms with Crippen LogP contribution in [0.3, 0.4) is 0 Å². The molecule has 0 amide bonds. The van der Waals surface area contributed by atoms with E-state index >= 15 is 0 Å². The third-order valence-electron chi connectivity index (χ3n) is 3.20. The highest BCUT2D eigenvalue weighted by Crippen LogP contribution is 2.15. The van der Waals surface area contributed by atoms with E-state index in [9.17, 15) is 5.21 Å². The topological polar surface area (TPSA) is 26.3 Å². The van der Waals surface area contributed by atoms with Crippen molar-refractivity contribution in [1.29, 1.82) is 0 Å². The van der Waals surface area contributed by atoms with Gasteiger partial charge in [-0.15, -0.1) is 0 Å². The van der Waals surface area contributed by atoms with Gasteiger partial charge in [0.25, 0.3) is 0 Å². The van der Waals surface area contributed by atoms with Gasteiger partial charge >= 0.3 is 0 Å². The van der Waals surface area contributed by atoms with Gasteiger partial charge in [0.05, 0.1) is 19.6 Å². The van der Waals surface area contributed by atoms with E-state index in [-0.39, 0.29) is 4.65 Å². The molecule has 0 aromatic rings. The summed E-state index contributed by atoms with van der Waals surface area (Å²) in [5, 5.41) is 11.9. The van der Waals surface area contributed by atoms with Crippen LogP contribution in [0.5, 0.6) is 0 Å². The molecule has 15 heavy (non-hydrogen) atoms. The molecule has 1 radical (unpaired) electrons. The molecule has 2 heterocycles. The normalized spacial score (nSPS) is 25.1. The largest absolute Gasteiger partial charge is 0.632 e. The first kappa shape index (κ1) is 10.9. The maximum Gasteiger partial charge on any atom is 0.140 e. The van der Waals surface area contributed by atoms with Crippen molar-refractivity contribution in [2.75, 3.05) is 39.3 Å². The molecule has 0 spiro atoms. The van der Waals surface area contributed by atoms with Crippen LogP contribution in [0, 0.1) is 23.5 Å². The van der Waals surface area contributed by atoms with Crippen molar-refractivity contribution in [2.45, 2.75) is 19.3 Å². The van der Waals surface area contributed by atoms with Crippen LogP contribution in [0.15, 0.2) is 0 Å². The van der Waals surface area contributed by atoms with Gasteiger partial charge < -0.3 is 9.85 Å². The van der Waals surface area contributed by atoms with Gasteiger partial charge in [-0.1, -0.05) is 5.92 Å². The molecule has 0 N–H and O–H groups in total. The number of hydrogen-bond donors (Lipinski definition) is 0. The molecular formula is C12H19N2O. The molecule has 3 heteroatoms. The SMILES string of the molecule is [O-][N+]1(CC#CCN2CCCC2)C[CH]CC1. The fraction of sp³-hybridized carbons (Fsp3) is 0.750. The zero-order chi connectivity index (χ0) is 10.6. The summed E-state index contributed by atoms with van der Waals surface area (Å²) in [5.41, 5.74) is 0. The standard InChI is InChI=1S/C12H19N2O/c15-14(11-5-6-12-14)10-4-3-9-13-7-1-2-8-13/h5H,1-2,6-12H2. The summed E-state index contributed by atoms with van der Waals surface area (Å²) < 4.78 is -0.118. The summed E-state index contributed by atoms with van der Waals surface area (Å²) in [7, 11) is 0. The highest BCUT2D eigenvalue weighted by atomic mass is 16.5. The molecule has 2 aliphatic rings. The van der Waals surface area contributed by atoms with E-state index in [4.69, 9.17) is 0 Å². The summed E-state index contributed by atoms with van der Waals surface area (Å²) in [5.74, 6) is 6.17. The van der Waals surface area contributed by atoms with Crippen molar-refractivity contribution in [2.24, 2.45) is 0 Å². The minimum Gasteiger partial charge on any atom is -0.632 e. The van der Waals surface area contributed by atoms with Gasteiger partial charge in [-0.25, -0.2) is 0 Å². The average molecular weight is 207 g/mol. The van der Waals surface area contributed by atoms with Crippen molar-refractivity contribution in [3.05, 3.63) is 11.6 Å². The molecule has 0 bridgehead atoms. The monoisotopic (exact) mass is 207 g/mol. The second kappa shape index (κ2) is 4.98. The zero-order valence-electron chi connectivity index (χ0n) is 9.24. The second-order valence-electron chi connectivity index (χ2n) is 4.54. The van der Waals surface area contributed by atoms with Crippen molar-refractivity contribution < 1.29 is 4.65 Å². The Morgan fingerprint density at radius 1 is 1.27 bits per heavy atom. The fourth-order valence-corrected chi connectivity index (χ4v) is 2.20. The Bertz CT molecular complexity index is 255. The van der Waals surface area contributed by atoms with Crippen LogP contribution in [-0.2, 0) is 0 Å². The number of hydrogen-bond acceptors (Lipinski definition) is 2. The number of likely N-dealkylation sites (tertiary alicyclic amines) is 2. The molecule has 83 valence electrons. The van der Waals surface area contributed by atoms with Crippen LogP contribution in [0.4, 0.5) is 0 Å². The lowest BCUT2D eigenvalue weighted by atomic mass is 10.4. The molecule has 0 aromatic carbocycles. The Morgan fingerprint density at radius 2 is 2.07 bits per heavy atom. The smallest absolute Gasteiger partial charge is 0.140 e. The van der Waals surface area contributed by atoms with E-state index in [0.717, 1.165) is 19.5 Å². The molecule has 1 atom stereocenters. The molecular weight excluding hydrogens is 188 g/mol. The van der Waals surface area contributed by atoms with E-state index in [2.05, 4.69) is 23.2 Å². The minimum absolute atomic E-state index is 0.118. The van der Waals surface area contributed by atoms with Crippen molar-refractivity contribution in [1.82, 2.24) is 4.90 Å². The predicted octanol–water partition coefficient (Wildman–Crippen LogP) is 1.01. The van der Waals surface area contributed by atoms with E-state index in [0.29, 0.717) is 13.1 Å². The first-order valence-corrected chi connectivity index (χ1v) is 5.85. The zero-order valence-corrected chi connectivity index (χ0v) is 9.24. The molecule has 2 saturated heterocycles. The number of quaternary nitrogens is 1. The van der Waals surface area contributed by atoms with Gasteiger partial charge in [-0.05, 0) is 31.9 Å². The van der Waals surface area contributed by atoms with E-state index in [1.54, 1.807) is 0 Å². The Balaban J connectivity index is 1.69. The third-order valence-corrected chi connectivity index (χ3v) is 3.20. The lowest BCUT2D eigenvalue weighted by molar-refractivity contribution is -0.858. The van der Waals surface area contributed by atoms with E-state index in [1.165, 1.54) is 25.9 Å².